The molecule has 1 aliphatic rings. The lowest BCUT2D eigenvalue weighted by Gasteiger charge is -2.37. The quantitative estimate of drug-likeness (QED) is 0.353. The number of ether oxygens (including phenoxy) is 1. The van der Waals surface area contributed by atoms with Gasteiger partial charge in [-0.1, -0.05) is 25.1 Å². The lowest BCUT2D eigenvalue weighted by molar-refractivity contribution is 0.305. The van der Waals surface area contributed by atoms with Crippen molar-refractivity contribution in [3.63, 3.8) is 0 Å². The second-order valence-electron chi connectivity index (χ2n) is 6.72. The number of halogens is 1. The van der Waals surface area contributed by atoms with Crippen LogP contribution in [0.2, 0.25) is 0 Å². The topological polar surface area (TPSA) is 73.2 Å². The number of anilines is 1. The van der Waals surface area contributed by atoms with E-state index in [1.807, 2.05) is 36.5 Å². The molecule has 2 aromatic rings. The van der Waals surface area contributed by atoms with Gasteiger partial charge < -0.3 is 25.0 Å². The number of aromatic hydroxyl groups is 1. The SMILES string of the molecule is CCCOc1ccc(CNC(=NC)N2CCN(c3ccccc3O)CC2)cn1.I. The minimum atomic E-state index is 0. The summed E-state index contributed by atoms with van der Waals surface area (Å²) in [5.74, 6) is 1.87. The molecule has 158 valence electrons. The first-order chi connectivity index (χ1) is 13.7. The average Bonchev–Trinajstić information content (AvgIpc) is 2.74. The Morgan fingerprint density at radius 3 is 2.55 bits per heavy atom. The number of piperazine rings is 1. The highest BCUT2D eigenvalue weighted by Crippen LogP contribution is 2.27. The standard InChI is InChI=1S/C21H29N5O2.HI/c1-3-14-28-20-9-8-17(15-23-20)16-24-21(22-2)26-12-10-25(11-13-26)18-6-4-5-7-19(18)27;/h4-9,15,27H,3,10-14,16H2,1-2H3,(H,22,24);1H. The number of aromatic nitrogens is 1. The lowest BCUT2D eigenvalue weighted by Crippen LogP contribution is -2.52. The summed E-state index contributed by atoms with van der Waals surface area (Å²) < 4.78 is 5.52. The number of hydrogen-bond donors (Lipinski definition) is 2. The van der Waals surface area contributed by atoms with Crippen molar-refractivity contribution in [2.45, 2.75) is 19.9 Å². The third kappa shape index (κ3) is 6.38. The zero-order valence-corrected chi connectivity index (χ0v) is 19.4. The van der Waals surface area contributed by atoms with Crippen LogP contribution in [0.1, 0.15) is 18.9 Å². The Morgan fingerprint density at radius 1 is 1.17 bits per heavy atom. The molecular formula is C21H30IN5O2. The molecule has 8 heteroatoms. The Bertz CT molecular complexity index is 777. The van der Waals surface area contributed by atoms with Crippen LogP contribution in [0.4, 0.5) is 5.69 Å². The minimum absolute atomic E-state index is 0. The van der Waals surface area contributed by atoms with Crippen molar-refractivity contribution in [1.82, 2.24) is 15.2 Å². The van der Waals surface area contributed by atoms with E-state index in [1.54, 1.807) is 13.1 Å². The molecule has 0 radical (unpaired) electrons. The van der Waals surface area contributed by atoms with Crippen LogP contribution in [-0.4, -0.2) is 60.8 Å². The summed E-state index contributed by atoms with van der Waals surface area (Å²) in [5, 5.41) is 13.5. The van der Waals surface area contributed by atoms with Gasteiger partial charge in [-0.05, 0) is 24.1 Å². The highest BCUT2D eigenvalue weighted by molar-refractivity contribution is 14.0. The summed E-state index contributed by atoms with van der Waals surface area (Å²) in [5.41, 5.74) is 1.97. The van der Waals surface area contributed by atoms with Crippen LogP contribution in [0.3, 0.4) is 0 Å². The second kappa shape index (κ2) is 11.7. The van der Waals surface area contributed by atoms with Crippen molar-refractivity contribution in [3.05, 3.63) is 48.2 Å². The highest BCUT2D eigenvalue weighted by Gasteiger charge is 2.21. The van der Waals surface area contributed by atoms with Crippen molar-refractivity contribution >= 4 is 35.6 Å². The fourth-order valence-electron chi connectivity index (χ4n) is 3.21. The third-order valence-electron chi connectivity index (χ3n) is 4.72. The van der Waals surface area contributed by atoms with Crippen LogP contribution in [0, 0.1) is 0 Å². The fraction of sp³-hybridized carbons (Fsp3) is 0.429. The summed E-state index contributed by atoms with van der Waals surface area (Å²) in [6.45, 7) is 6.78. The van der Waals surface area contributed by atoms with E-state index in [-0.39, 0.29) is 24.0 Å². The maximum absolute atomic E-state index is 10.1. The van der Waals surface area contributed by atoms with E-state index in [9.17, 15) is 5.11 Å². The van der Waals surface area contributed by atoms with Gasteiger partial charge >= 0.3 is 0 Å². The van der Waals surface area contributed by atoms with Gasteiger partial charge in [0, 0.05) is 52.0 Å². The first-order valence-electron chi connectivity index (χ1n) is 9.77. The predicted octanol–water partition coefficient (Wildman–Crippen LogP) is 3.09. The number of phenolic OH excluding ortho intramolecular Hbond substituents is 1. The molecule has 0 bridgehead atoms. The van der Waals surface area contributed by atoms with Crippen molar-refractivity contribution in [3.8, 4) is 11.6 Å². The number of rotatable bonds is 6. The van der Waals surface area contributed by atoms with E-state index in [0.717, 1.165) is 49.8 Å². The zero-order chi connectivity index (χ0) is 19.8. The van der Waals surface area contributed by atoms with Gasteiger partial charge in [0.2, 0.25) is 5.88 Å². The molecule has 0 unspecified atom stereocenters. The van der Waals surface area contributed by atoms with E-state index in [1.165, 1.54) is 0 Å². The van der Waals surface area contributed by atoms with Crippen molar-refractivity contribution < 1.29 is 9.84 Å². The normalized spacial score (nSPS) is 14.3. The van der Waals surface area contributed by atoms with E-state index >= 15 is 0 Å². The van der Waals surface area contributed by atoms with E-state index in [4.69, 9.17) is 4.74 Å². The van der Waals surface area contributed by atoms with Gasteiger partial charge in [0.05, 0.1) is 12.3 Å². The monoisotopic (exact) mass is 511 g/mol. The number of hydrogen-bond acceptors (Lipinski definition) is 5. The molecule has 29 heavy (non-hydrogen) atoms. The van der Waals surface area contributed by atoms with Crippen molar-refractivity contribution in [2.24, 2.45) is 4.99 Å². The Hall–Kier alpha value is -2.23. The van der Waals surface area contributed by atoms with Crippen molar-refractivity contribution in [1.29, 1.82) is 0 Å². The molecule has 1 fully saturated rings. The van der Waals surface area contributed by atoms with E-state index in [2.05, 4.69) is 32.0 Å². The van der Waals surface area contributed by atoms with Gasteiger partial charge in [0.1, 0.15) is 5.75 Å². The zero-order valence-electron chi connectivity index (χ0n) is 17.0. The highest BCUT2D eigenvalue weighted by atomic mass is 127. The predicted molar refractivity (Wildman–Crippen MR) is 128 cm³/mol. The van der Waals surface area contributed by atoms with Gasteiger partial charge in [-0.25, -0.2) is 4.98 Å². The van der Waals surface area contributed by atoms with Crippen LogP contribution in [0.5, 0.6) is 11.6 Å². The maximum atomic E-state index is 10.1. The molecule has 0 saturated carbocycles. The fourth-order valence-corrected chi connectivity index (χ4v) is 3.21. The average molecular weight is 511 g/mol. The summed E-state index contributed by atoms with van der Waals surface area (Å²) in [4.78, 5) is 13.2. The van der Waals surface area contributed by atoms with Gasteiger partial charge in [-0.15, -0.1) is 24.0 Å². The maximum Gasteiger partial charge on any atom is 0.213 e. The Labute approximate surface area is 189 Å². The van der Waals surface area contributed by atoms with Gasteiger partial charge in [-0.2, -0.15) is 0 Å². The van der Waals surface area contributed by atoms with E-state index < -0.39 is 0 Å². The Balaban J connectivity index is 0.00000300. The Kier molecular flexibility index (Phi) is 9.30. The summed E-state index contributed by atoms with van der Waals surface area (Å²) in [7, 11) is 1.80. The molecule has 7 nitrogen and oxygen atoms in total. The van der Waals surface area contributed by atoms with Crippen LogP contribution >= 0.6 is 24.0 Å². The summed E-state index contributed by atoms with van der Waals surface area (Å²) in [6.07, 6.45) is 2.81. The molecule has 0 spiro atoms. The molecule has 1 saturated heterocycles. The molecule has 0 amide bonds. The summed E-state index contributed by atoms with van der Waals surface area (Å²) in [6, 6.07) is 11.4. The number of para-hydroxylation sites is 2. The molecule has 2 heterocycles. The summed E-state index contributed by atoms with van der Waals surface area (Å²) >= 11 is 0. The molecule has 3 rings (SSSR count). The second-order valence-corrected chi connectivity index (χ2v) is 6.72. The van der Waals surface area contributed by atoms with E-state index in [0.29, 0.717) is 24.8 Å². The molecule has 0 aliphatic carbocycles. The molecule has 0 atom stereocenters. The third-order valence-corrected chi connectivity index (χ3v) is 4.72. The molecular weight excluding hydrogens is 481 g/mol. The van der Waals surface area contributed by atoms with Crippen molar-refractivity contribution in [2.75, 3.05) is 44.7 Å². The van der Waals surface area contributed by atoms with Gasteiger partial charge in [-0.3, -0.25) is 4.99 Å². The van der Waals surface area contributed by atoms with Crippen LogP contribution in [0.15, 0.2) is 47.6 Å². The first kappa shape index (κ1) is 23.1. The molecule has 1 aromatic carbocycles. The lowest BCUT2D eigenvalue weighted by atomic mass is 10.2. The molecule has 1 aliphatic heterocycles. The first-order valence-corrected chi connectivity index (χ1v) is 9.77. The van der Waals surface area contributed by atoms with Gasteiger partial charge in [0.25, 0.3) is 0 Å². The Morgan fingerprint density at radius 2 is 1.93 bits per heavy atom. The minimum Gasteiger partial charge on any atom is -0.506 e. The number of pyridine rings is 1. The number of aliphatic imine (C=N–C) groups is 1. The van der Waals surface area contributed by atoms with Crippen LogP contribution < -0.4 is 15.0 Å². The van der Waals surface area contributed by atoms with Crippen LogP contribution in [0.25, 0.3) is 0 Å². The molecule has 1 aromatic heterocycles. The largest absolute Gasteiger partial charge is 0.506 e. The number of nitrogens with one attached hydrogen (secondary N) is 1. The number of guanidine groups is 1. The number of benzene rings is 1. The molecule has 2 N–H and O–H groups in total. The smallest absolute Gasteiger partial charge is 0.213 e. The van der Waals surface area contributed by atoms with Gasteiger partial charge in [0.15, 0.2) is 5.96 Å². The number of nitrogens with zero attached hydrogens (tertiary/aromatic N) is 4. The van der Waals surface area contributed by atoms with Crippen LogP contribution in [-0.2, 0) is 6.54 Å². The number of phenols is 1.